The maximum absolute atomic E-state index is 13.5. The third-order valence-corrected chi connectivity index (χ3v) is 10.5. The first-order valence-electron chi connectivity index (χ1n) is 5.33. The molecule has 0 unspecified atom stereocenters. The van der Waals surface area contributed by atoms with E-state index in [1.807, 2.05) is 0 Å². The summed E-state index contributed by atoms with van der Waals surface area (Å²) in [6, 6.07) is 2.53. The Hall–Kier alpha value is -0.354. The van der Waals surface area contributed by atoms with Crippen LogP contribution in [-0.4, -0.2) is 16.2 Å². The average molecular weight is 271 g/mol. The summed E-state index contributed by atoms with van der Waals surface area (Å²) in [5.74, 6) is -3.28. The number of rotatable bonds is 1. The number of hydrogen-bond acceptors (Lipinski definition) is 0. The van der Waals surface area contributed by atoms with Gasteiger partial charge in [-0.3, -0.25) is 0 Å². The molecule has 1 aliphatic heterocycles. The molecule has 80 valence electrons. The molecule has 0 aromatic heterocycles. The van der Waals surface area contributed by atoms with Crippen molar-refractivity contribution in [1.29, 1.82) is 0 Å². The SMILES string of the molecule is Fc1cc[c]([Ga]2[CH2]CCC[CH2]2)c(F)c1F. The predicted molar refractivity (Wildman–Crippen MR) is 55.2 cm³/mol. The van der Waals surface area contributed by atoms with Crippen molar-refractivity contribution in [2.45, 2.75) is 29.2 Å². The van der Waals surface area contributed by atoms with Crippen molar-refractivity contribution in [2.75, 3.05) is 0 Å². The van der Waals surface area contributed by atoms with Crippen LogP contribution in [0.25, 0.3) is 0 Å². The summed E-state index contributed by atoms with van der Waals surface area (Å²) in [6.07, 6.45) is 3.46. The molecule has 1 aromatic rings. The Bertz CT molecular complexity index is 359. The molecular weight excluding hydrogens is 259 g/mol. The average Bonchev–Trinajstić information content (AvgIpc) is 2.27. The molecule has 1 aromatic carbocycles. The standard InChI is InChI=1S/C6H2F3.C5H10.Ga/c7-4-2-1-3-5(8)6(4)9;1-3-5-4-2;/h1-2H;1-5H2;. The Labute approximate surface area is 92.5 Å². The van der Waals surface area contributed by atoms with Gasteiger partial charge in [0, 0.05) is 0 Å². The van der Waals surface area contributed by atoms with Crippen LogP contribution in [0.5, 0.6) is 0 Å². The van der Waals surface area contributed by atoms with Gasteiger partial charge < -0.3 is 0 Å². The van der Waals surface area contributed by atoms with Crippen molar-refractivity contribution >= 4 is 20.3 Å². The molecule has 0 aliphatic carbocycles. The fraction of sp³-hybridized carbons (Fsp3) is 0.455. The van der Waals surface area contributed by atoms with E-state index in [-0.39, 0.29) is 0 Å². The van der Waals surface area contributed by atoms with E-state index in [0.717, 1.165) is 28.9 Å². The third-order valence-electron chi connectivity index (χ3n) is 3.11. The van der Waals surface area contributed by atoms with Crippen LogP contribution in [0, 0.1) is 17.5 Å². The van der Waals surface area contributed by atoms with Crippen molar-refractivity contribution in [2.24, 2.45) is 0 Å². The van der Waals surface area contributed by atoms with Gasteiger partial charge in [0.2, 0.25) is 0 Å². The molecule has 15 heavy (non-hydrogen) atoms. The van der Waals surface area contributed by atoms with Crippen molar-refractivity contribution in [3.05, 3.63) is 29.6 Å². The van der Waals surface area contributed by atoms with E-state index in [9.17, 15) is 13.2 Å². The summed E-state index contributed by atoms with van der Waals surface area (Å²) in [5.41, 5.74) is 0. The Morgan fingerprint density at radius 1 is 0.867 bits per heavy atom. The normalized spacial score (nSPS) is 16.9. The van der Waals surface area contributed by atoms with Crippen molar-refractivity contribution in [3.63, 3.8) is 0 Å². The minimum atomic E-state index is -1.85. The van der Waals surface area contributed by atoms with E-state index in [0.29, 0.717) is 4.12 Å². The summed E-state index contributed by atoms with van der Waals surface area (Å²) in [6.45, 7) is 0. The first-order valence-corrected chi connectivity index (χ1v) is 9.97. The van der Waals surface area contributed by atoms with Crippen LogP contribution in [0.1, 0.15) is 19.3 Å². The molecule has 0 nitrogen and oxygen atoms in total. The summed E-state index contributed by atoms with van der Waals surface area (Å²) < 4.78 is 39.8. The molecule has 0 saturated carbocycles. The Morgan fingerprint density at radius 2 is 1.53 bits per heavy atom. The second-order valence-corrected chi connectivity index (χ2v) is 10.8. The fourth-order valence-corrected chi connectivity index (χ4v) is 9.25. The zero-order valence-corrected chi connectivity index (χ0v) is 10.8. The van der Waals surface area contributed by atoms with Crippen LogP contribution in [0.3, 0.4) is 0 Å². The molecule has 1 fully saturated rings. The van der Waals surface area contributed by atoms with Crippen molar-refractivity contribution < 1.29 is 13.2 Å². The van der Waals surface area contributed by atoms with Gasteiger partial charge in [-0.2, -0.15) is 0 Å². The Balaban J connectivity index is 2.31. The molecule has 0 bridgehead atoms. The van der Waals surface area contributed by atoms with Crippen LogP contribution in [-0.2, 0) is 0 Å². The van der Waals surface area contributed by atoms with E-state index in [1.54, 1.807) is 0 Å². The summed E-state index contributed by atoms with van der Waals surface area (Å²) >= 11 is -1.85. The van der Waals surface area contributed by atoms with Crippen molar-refractivity contribution in [3.8, 4) is 0 Å². The van der Waals surface area contributed by atoms with Crippen molar-refractivity contribution in [1.82, 2.24) is 0 Å². The molecule has 1 saturated heterocycles. The van der Waals surface area contributed by atoms with Crippen LogP contribution in [0.2, 0.25) is 9.95 Å². The maximum atomic E-state index is 13.5. The van der Waals surface area contributed by atoms with Gasteiger partial charge in [0.05, 0.1) is 0 Å². The summed E-state index contributed by atoms with van der Waals surface area (Å²) in [4.78, 5) is 2.13. The zero-order chi connectivity index (χ0) is 10.8. The molecule has 0 atom stereocenters. The molecule has 0 amide bonds. The van der Waals surface area contributed by atoms with Gasteiger partial charge in [0.1, 0.15) is 0 Å². The van der Waals surface area contributed by atoms with Crippen LogP contribution in [0.4, 0.5) is 13.2 Å². The van der Waals surface area contributed by atoms with E-state index in [2.05, 4.69) is 0 Å². The zero-order valence-electron chi connectivity index (χ0n) is 8.40. The minimum absolute atomic E-state index is 0.529. The van der Waals surface area contributed by atoms with E-state index >= 15 is 0 Å². The van der Waals surface area contributed by atoms with E-state index in [1.165, 1.54) is 12.5 Å². The Kier molecular flexibility index (Phi) is 3.46. The van der Waals surface area contributed by atoms with Gasteiger partial charge >= 0.3 is 92.3 Å². The number of hydrogen-bond donors (Lipinski definition) is 0. The van der Waals surface area contributed by atoms with E-state index in [4.69, 9.17) is 0 Å². The van der Waals surface area contributed by atoms with E-state index < -0.39 is 33.7 Å². The molecule has 1 heterocycles. The van der Waals surface area contributed by atoms with Gasteiger partial charge in [0.15, 0.2) is 0 Å². The first kappa shape index (κ1) is 11.1. The Morgan fingerprint density at radius 3 is 2.20 bits per heavy atom. The van der Waals surface area contributed by atoms with Crippen LogP contribution >= 0.6 is 0 Å². The quantitative estimate of drug-likeness (QED) is 0.544. The van der Waals surface area contributed by atoms with Crippen LogP contribution in [0.15, 0.2) is 12.1 Å². The molecular formula is C11H12F3Ga. The van der Waals surface area contributed by atoms with Crippen LogP contribution < -0.4 is 4.12 Å². The monoisotopic (exact) mass is 270 g/mol. The number of benzene rings is 1. The second-order valence-electron chi connectivity index (χ2n) is 4.10. The van der Waals surface area contributed by atoms with Gasteiger partial charge in [-0.05, 0) is 0 Å². The second kappa shape index (κ2) is 4.66. The molecule has 0 spiro atoms. The predicted octanol–water partition coefficient (Wildman–Crippen LogP) is 2.99. The summed E-state index contributed by atoms with van der Waals surface area (Å²) in [5, 5.41) is 0. The van der Waals surface area contributed by atoms with Gasteiger partial charge in [-0.1, -0.05) is 0 Å². The third kappa shape index (κ3) is 2.26. The molecule has 0 radical (unpaired) electrons. The van der Waals surface area contributed by atoms with Gasteiger partial charge in [-0.25, -0.2) is 0 Å². The molecule has 0 N–H and O–H groups in total. The van der Waals surface area contributed by atoms with Gasteiger partial charge in [-0.15, -0.1) is 0 Å². The fourth-order valence-electron chi connectivity index (χ4n) is 2.27. The summed E-state index contributed by atoms with van der Waals surface area (Å²) in [7, 11) is 0. The van der Waals surface area contributed by atoms with Gasteiger partial charge in [0.25, 0.3) is 0 Å². The topological polar surface area (TPSA) is 0 Å². The molecule has 2 rings (SSSR count). The molecule has 4 heteroatoms. The number of halogens is 3. The first-order chi connectivity index (χ1) is 7.20. The molecule has 1 aliphatic rings.